The summed E-state index contributed by atoms with van der Waals surface area (Å²) in [5.74, 6) is 0.685. The lowest BCUT2D eigenvalue weighted by atomic mass is 9.98. The number of benzene rings is 1. The molecule has 0 aliphatic carbocycles. The number of nitrogens with zero attached hydrogens (tertiary/aromatic N) is 1. The van der Waals surface area contributed by atoms with Gasteiger partial charge in [0.25, 0.3) is 0 Å². The van der Waals surface area contributed by atoms with Crippen molar-refractivity contribution in [1.82, 2.24) is 5.32 Å². The van der Waals surface area contributed by atoms with E-state index in [1.165, 1.54) is 11.1 Å². The van der Waals surface area contributed by atoms with Gasteiger partial charge in [0, 0.05) is 6.04 Å². The number of nitrogens with one attached hydrogen (secondary N) is 1. The van der Waals surface area contributed by atoms with Crippen molar-refractivity contribution in [3.8, 4) is 6.07 Å². The van der Waals surface area contributed by atoms with Crippen LogP contribution in [0.1, 0.15) is 37.4 Å². The van der Waals surface area contributed by atoms with E-state index in [4.69, 9.17) is 5.26 Å². The summed E-state index contributed by atoms with van der Waals surface area (Å²) < 4.78 is 0. The molecule has 86 valence electrons. The maximum atomic E-state index is 8.71. The highest BCUT2D eigenvalue weighted by Gasteiger charge is 2.08. The molecule has 1 unspecified atom stereocenters. The Morgan fingerprint density at radius 3 is 2.31 bits per heavy atom. The summed E-state index contributed by atoms with van der Waals surface area (Å²) in [6.45, 7) is 4.44. The Morgan fingerprint density at radius 2 is 1.88 bits per heavy atom. The van der Waals surface area contributed by atoms with E-state index in [1.807, 2.05) is 7.05 Å². The van der Waals surface area contributed by atoms with Crippen molar-refractivity contribution in [2.24, 2.45) is 5.92 Å². The fraction of sp³-hybridized carbons (Fsp3) is 0.500. The van der Waals surface area contributed by atoms with Crippen LogP contribution in [0.25, 0.3) is 0 Å². The normalized spacial score (nSPS) is 12.4. The van der Waals surface area contributed by atoms with Crippen LogP contribution in [0.5, 0.6) is 0 Å². The second-order valence-corrected chi connectivity index (χ2v) is 4.54. The van der Waals surface area contributed by atoms with Crippen LogP contribution in [-0.2, 0) is 6.42 Å². The molecule has 1 atom stereocenters. The molecule has 0 aliphatic rings. The van der Waals surface area contributed by atoms with Gasteiger partial charge in [-0.15, -0.1) is 0 Å². The average Bonchev–Trinajstić information content (AvgIpc) is 2.26. The average molecular weight is 216 g/mol. The van der Waals surface area contributed by atoms with Gasteiger partial charge in [-0.1, -0.05) is 38.1 Å². The topological polar surface area (TPSA) is 35.8 Å². The Morgan fingerprint density at radius 1 is 1.25 bits per heavy atom. The molecule has 0 fully saturated rings. The maximum Gasteiger partial charge on any atom is 0.0641 e. The van der Waals surface area contributed by atoms with Crippen molar-refractivity contribution in [3.63, 3.8) is 0 Å². The number of rotatable bonds is 5. The fourth-order valence-corrected chi connectivity index (χ4v) is 1.84. The van der Waals surface area contributed by atoms with E-state index >= 15 is 0 Å². The van der Waals surface area contributed by atoms with Crippen molar-refractivity contribution in [2.45, 2.75) is 32.7 Å². The Hall–Kier alpha value is -1.33. The highest BCUT2D eigenvalue weighted by Crippen LogP contribution is 2.17. The zero-order valence-electron chi connectivity index (χ0n) is 10.3. The first kappa shape index (κ1) is 12.7. The van der Waals surface area contributed by atoms with Crippen molar-refractivity contribution in [2.75, 3.05) is 7.05 Å². The minimum absolute atomic E-state index is 0.151. The van der Waals surface area contributed by atoms with Crippen LogP contribution in [0, 0.1) is 17.2 Å². The molecule has 16 heavy (non-hydrogen) atoms. The summed E-state index contributed by atoms with van der Waals surface area (Å²) in [6.07, 6.45) is 1.63. The van der Waals surface area contributed by atoms with Crippen LogP contribution in [-0.4, -0.2) is 7.05 Å². The van der Waals surface area contributed by atoms with Gasteiger partial charge in [-0.25, -0.2) is 0 Å². The first-order chi connectivity index (χ1) is 7.67. The molecule has 1 aromatic carbocycles. The third-order valence-electron chi connectivity index (χ3n) is 2.67. The molecule has 0 saturated carbocycles. The predicted molar refractivity (Wildman–Crippen MR) is 67.0 cm³/mol. The number of hydrogen-bond donors (Lipinski definition) is 1. The SMILES string of the molecule is CNC(CC#N)c1ccc(CC(C)C)cc1. The summed E-state index contributed by atoms with van der Waals surface area (Å²) >= 11 is 0. The molecular formula is C14H20N2. The molecule has 0 aromatic heterocycles. The van der Waals surface area contributed by atoms with E-state index in [0.717, 1.165) is 6.42 Å². The zero-order chi connectivity index (χ0) is 12.0. The van der Waals surface area contributed by atoms with Gasteiger partial charge in [0.1, 0.15) is 0 Å². The van der Waals surface area contributed by atoms with Crippen LogP contribution in [0.15, 0.2) is 24.3 Å². The summed E-state index contributed by atoms with van der Waals surface area (Å²) in [7, 11) is 1.89. The minimum atomic E-state index is 0.151. The van der Waals surface area contributed by atoms with E-state index in [1.54, 1.807) is 0 Å². The van der Waals surface area contributed by atoms with E-state index < -0.39 is 0 Å². The van der Waals surface area contributed by atoms with Gasteiger partial charge in [0.15, 0.2) is 0 Å². The second kappa shape index (κ2) is 6.30. The molecule has 0 heterocycles. The first-order valence-corrected chi connectivity index (χ1v) is 5.80. The van der Waals surface area contributed by atoms with Crippen molar-refractivity contribution < 1.29 is 0 Å². The molecule has 2 nitrogen and oxygen atoms in total. The number of nitriles is 1. The fourth-order valence-electron chi connectivity index (χ4n) is 1.84. The van der Waals surface area contributed by atoms with Gasteiger partial charge in [-0.2, -0.15) is 5.26 Å². The smallest absolute Gasteiger partial charge is 0.0641 e. The van der Waals surface area contributed by atoms with Crippen molar-refractivity contribution in [3.05, 3.63) is 35.4 Å². The largest absolute Gasteiger partial charge is 0.312 e. The first-order valence-electron chi connectivity index (χ1n) is 5.80. The summed E-state index contributed by atoms with van der Waals surface area (Å²) in [6, 6.07) is 10.9. The lowest BCUT2D eigenvalue weighted by Gasteiger charge is -2.13. The molecule has 1 rings (SSSR count). The Bertz CT molecular complexity index is 346. The summed E-state index contributed by atoms with van der Waals surface area (Å²) in [5.41, 5.74) is 2.56. The van der Waals surface area contributed by atoms with Crippen LogP contribution in [0.4, 0.5) is 0 Å². The number of hydrogen-bond acceptors (Lipinski definition) is 2. The van der Waals surface area contributed by atoms with Crippen LogP contribution in [0.3, 0.4) is 0 Å². The molecule has 0 amide bonds. The molecule has 1 aromatic rings. The monoisotopic (exact) mass is 216 g/mol. The molecule has 0 saturated heterocycles. The van der Waals surface area contributed by atoms with Crippen LogP contribution in [0.2, 0.25) is 0 Å². The van der Waals surface area contributed by atoms with Gasteiger partial charge in [0.05, 0.1) is 12.5 Å². The van der Waals surface area contributed by atoms with E-state index in [9.17, 15) is 0 Å². The quantitative estimate of drug-likeness (QED) is 0.821. The van der Waals surface area contributed by atoms with E-state index in [-0.39, 0.29) is 6.04 Å². The highest BCUT2D eigenvalue weighted by molar-refractivity contribution is 5.25. The Balaban J connectivity index is 2.73. The summed E-state index contributed by atoms with van der Waals surface area (Å²) in [4.78, 5) is 0. The lowest BCUT2D eigenvalue weighted by molar-refractivity contribution is 0.607. The molecule has 0 radical (unpaired) electrons. The van der Waals surface area contributed by atoms with Gasteiger partial charge in [-0.05, 0) is 30.5 Å². The Kier molecular flexibility index (Phi) is 5.01. The standard InChI is InChI=1S/C14H20N2/c1-11(2)10-12-4-6-13(7-5-12)14(16-3)8-9-15/h4-7,11,14,16H,8,10H2,1-3H3. The molecule has 0 bridgehead atoms. The van der Waals surface area contributed by atoms with Crippen LogP contribution >= 0.6 is 0 Å². The molecular weight excluding hydrogens is 196 g/mol. The maximum absolute atomic E-state index is 8.71. The predicted octanol–water partition coefficient (Wildman–Crippen LogP) is 3.06. The zero-order valence-corrected chi connectivity index (χ0v) is 10.3. The lowest BCUT2D eigenvalue weighted by Crippen LogP contribution is -2.15. The van der Waals surface area contributed by atoms with E-state index in [2.05, 4.69) is 49.5 Å². The van der Waals surface area contributed by atoms with Crippen LogP contribution < -0.4 is 5.32 Å². The summed E-state index contributed by atoms with van der Waals surface area (Å²) in [5, 5.41) is 11.9. The van der Waals surface area contributed by atoms with Gasteiger partial charge in [0.2, 0.25) is 0 Å². The molecule has 2 heteroatoms. The molecule has 0 spiro atoms. The Labute approximate surface area is 98.3 Å². The third-order valence-corrected chi connectivity index (χ3v) is 2.67. The molecule has 0 aliphatic heterocycles. The van der Waals surface area contributed by atoms with Gasteiger partial charge < -0.3 is 5.32 Å². The second-order valence-electron chi connectivity index (χ2n) is 4.54. The van der Waals surface area contributed by atoms with Crippen molar-refractivity contribution >= 4 is 0 Å². The van der Waals surface area contributed by atoms with Gasteiger partial charge in [-0.3, -0.25) is 0 Å². The van der Waals surface area contributed by atoms with Crippen molar-refractivity contribution in [1.29, 1.82) is 5.26 Å². The molecule has 1 N–H and O–H groups in total. The van der Waals surface area contributed by atoms with Gasteiger partial charge >= 0.3 is 0 Å². The van der Waals surface area contributed by atoms with E-state index in [0.29, 0.717) is 12.3 Å². The minimum Gasteiger partial charge on any atom is -0.312 e. The highest BCUT2D eigenvalue weighted by atomic mass is 14.9. The third kappa shape index (κ3) is 3.67.